The van der Waals surface area contributed by atoms with Crippen molar-refractivity contribution in [2.75, 3.05) is 0 Å². The molecular weight excluding hydrogens is 334 g/mol. The van der Waals surface area contributed by atoms with Crippen LogP contribution in [0.4, 0.5) is 0 Å². The highest BCUT2D eigenvalue weighted by Crippen LogP contribution is 2.25. The smallest absolute Gasteiger partial charge is 0.251 e. The second-order valence-corrected chi connectivity index (χ2v) is 7.88. The zero-order valence-electron chi connectivity index (χ0n) is 16.3. The molecule has 1 saturated carbocycles. The molecule has 0 saturated heterocycles. The first-order valence-corrected chi connectivity index (χ1v) is 9.90. The predicted molar refractivity (Wildman–Crippen MR) is 109 cm³/mol. The number of aryl methyl sites for hydroxylation is 2. The Balaban J connectivity index is 1.64. The maximum absolute atomic E-state index is 12.8. The van der Waals surface area contributed by atoms with E-state index >= 15 is 0 Å². The number of benzene rings is 2. The van der Waals surface area contributed by atoms with E-state index in [0.717, 1.165) is 29.0 Å². The number of rotatable bonds is 3. The van der Waals surface area contributed by atoms with Crippen molar-refractivity contribution in [1.82, 2.24) is 14.9 Å². The van der Waals surface area contributed by atoms with Gasteiger partial charge in [0, 0.05) is 17.3 Å². The number of carbonyl (C=O) groups excluding carboxylic acids is 1. The number of carbonyl (C=O) groups is 1. The van der Waals surface area contributed by atoms with Gasteiger partial charge in [-0.15, -0.1) is 0 Å². The number of fused-ring (bicyclic) bond motifs is 1. The van der Waals surface area contributed by atoms with Crippen LogP contribution in [0.1, 0.15) is 54.4 Å². The molecular formula is C23H27N3O. The van der Waals surface area contributed by atoms with Gasteiger partial charge in [0.15, 0.2) is 0 Å². The summed E-state index contributed by atoms with van der Waals surface area (Å²) in [5.74, 6) is 1.49. The van der Waals surface area contributed by atoms with Crippen LogP contribution in [-0.2, 0) is 0 Å². The van der Waals surface area contributed by atoms with Gasteiger partial charge in [-0.3, -0.25) is 9.36 Å². The van der Waals surface area contributed by atoms with Crippen LogP contribution in [0.2, 0.25) is 0 Å². The summed E-state index contributed by atoms with van der Waals surface area (Å²) in [6.07, 6.45) is 4.75. The highest BCUT2D eigenvalue weighted by molar-refractivity contribution is 5.97. The average Bonchev–Trinajstić information content (AvgIpc) is 2.98. The Morgan fingerprint density at radius 1 is 1.11 bits per heavy atom. The molecule has 4 heteroatoms. The molecule has 0 radical (unpaired) electrons. The summed E-state index contributed by atoms with van der Waals surface area (Å²) in [7, 11) is 0. The van der Waals surface area contributed by atoms with Crippen molar-refractivity contribution in [3.8, 4) is 5.69 Å². The van der Waals surface area contributed by atoms with Crippen molar-refractivity contribution in [1.29, 1.82) is 0 Å². The van der Waals surface area contributed by atoms with Gasteiger partial charge in [-0.05, 0) is 68.5 Å². The average molecular weight is 361 g/mol. The van der Waals surface area contributed by atoms with Gasteiger partial charge in [0.1, 0.15) is 5.82 Å². The fourth-order valence-corrected chi connectivity index (χ4v) is 4.22. The van der Waals surface area contributed by atoms with Crippen molar-refractivity contribution in [3.05, 3.63) is 59.4 Å². The number of hydrogen-bond acceptors (Lipinski definition) is 2. The Morgan fingerprint density at radius 2 is 1.93 bits per heavy atom. The number of nitrogens with one attached hydrogen (secondary N) is 1. The van der Waals surface area contributed by atoms with E-state index in [9.17, 15) is 4.79 Å². The van der Waals surface area contributed by atoms with Gasteiger partial charge in [0.25, 0.3) is 5.91 Å². The lowest BCUT2D eigenvalue weighted by Gasteiger charge is -2.29. The summed E-state index contributed by atoms with van der Waals surface area (Å²) < 4.78 is 2.15. The molecule has 2 atom stereocenters. The van der Waals surface area contributed by atoms with Crippen LogP contribution in [-0.4, -0.2) is 21.5 Å². The van der Waals surface area contributed by atoms with Gasteiger partial charge in [0.05, 0.1) is 11.0 Å². The summed E-state index contributed by atoms with van der Waals surface area (Å²) in [4.78, 5) is 17.5. The molecule has 1 aliphatic rings. The Labute approximate surface area is 160 Å². The first-order chi connectivity index (χ1) is 13.0. The second kappa shape index (κ2) is 7.18. The Bertz CT molecular complexity index is 988. The fraction of sp³-hybridized carbons (Fsp3) is 0.391. The number of imidazole rings is 1. The monoisotopic (exact) mass is 361 g/mol. The Morgan fingerprint density at radius 3 is 2.70 bits per heavy atom. The molecule has 1 N–H and O–H groups in total. The first kappa shape index (κ1) is 17.8. The minimum atomic E-state index is 0.0124. The maximum Gasteiger partial charge on any atom is 0.251 e. The largest absolute Gasteiger partial charge is 0.349 e. The predicted octanol–water partition coefficient (Wildman–Crippen LogP) is 4.95. The molecule has 4 nitrogen and oxygen atoms in total. The lowest BCUT2D eigenvalue weighted by Crippen LogP contribution is -2.41. The third-order valence-corrected chi connectivity index (χ3v) is 5.77. The lowest BCUT2D eigenvalue weighted by molar-refractivity contribution is 0.0910. The summed E-state index contributed by atoms with van der Waals surface area (Å²) in [5, 5.41) is 3.24. The quantitative estimate of drug-likeness (QED) is 0.717. The Hall–Kier alpha value is -2.62. The fourth-order valence-electron chi connectivity index (χ4n) is 4.22. The lowest BCUT2D eigenvalue weighted by atomic mass is 9.86. The normalized spacial score (nSPS) is 20.0. The van der Waals surface area contributed by atoms with Gasteiger partial charge in [-0.1, -0.05) is 31.9 Å². The molecule has 4 rings (SSSR count). The SMILES string of the molecule is Cc1cccc(-n2c(C)nc3cc(C(=O)N[C@@H]4CCCC[C@@H]4C)ccc32)c1. The van der Waals surface area contributed by atoms with Crippen molar-refractivity contribution >= 4 is 16.9 Å². The highest BCUT2D eigenvalue weighted by Gasteiger charge is 2.23. The minimum Gasteiger partial charge on any atom is -0.349 e. The van der Waals surface area contributed by atoms with E-state index in [-0.39, 0.29) is 11.9 Å². The molecule has 140 valence electrons. The van der Waals surface area contributed by atoms with Gasteiger partial charge in [0.2, 0.25) is 0 Å². The number of aromatic nitrogens is 2. The van der Waals surface area contributed by atoms with E-state index in [0.29, 0.717) is 11.5 Å². The van der Waals surface area contributed by atoms with E-state index < -0.39 is 0 Å². The summed E-state index contributed by atoms with van der Waals surface area (Å²) in [6, 6.07) is 14.5. The molecule has 1 heterocycles. The number of hydrogen-bond donors (Lipinski definition) is 1. The third-order valence-electron chi connectivity index (χ3n) is 5.77. The number of nitrogens with zero attached hydrogens (tertiary/aromatic N) is 2. The molecule has 3 aromatic rings. The van der Waals surface area contributed by atoms with E-state index in [1.165, 1.54) is 24.8 Å². The van der Waals surface area contributed by atoms with E-state index in [1.54, 1.807) is 0 Å². The van der Waals surface area contributed by atoms with Gasteiger partial charge in [-0.2, -0.15) is 0 Å². The molecule has 0 spiro atoms. The Kier molecular flexibility index (Phi) is 4.73. The molecule has 0 unspecified atom stereocenters. The van der Waals surface area contributed by atoms with Crippen LogP contribution in [0, 0.1) is 19.8 Å². The van der Waals surface area contributed by atoms with Crippen molar-refractivity contribution in [2.24, 2.45) is 5.92 Å². The molecule has 1 fully saturated rings. The molecule has 1 amide bonds. The molecule has 1 aromatic heterocycles. The van der Waals surface area contributed by atoms with Crippen molar-refractivity contribution in [3.63, 3.8) is 0 Å². The maximum atomic E-state index is 12.8. The zero-order chi connectivity index (χ0) is 19.0. The first-order valence-electron chi connectivity index (χ1n) is 9.90. The minimum absolute atomic E-state index is 0.0124. The second-order valence-electron chi connectivity index (χ2n) is 7.88. The molecule has 0 bridgehead atoms. The van der Waals surface area contributed by atoms with Crippen LogP contribution in [0.25, 0.3) is 16.7 Å². The zero-order valence-corrected chi connectivity index (χ0v) is 16.3. The third kappa shape index (κ3) is 3.48. The van der Waals surface area contributed by atoms with Gasteiger partial charge < -0.3 is 5.32 Å². The van der Waals surface area contributed by atoms with Crippen LogP contribution in [0.3, 0.4) is 0 Å². The van der Waals surface area contributed by atoms with Crippen molar-refractivity contribution in [2.45, 2.75) is 52.5 Å². The van der Waals surface area contributed by atoms with Crippen LogP contribution in [0.15, 0.2) is 42.5 Å². The molecule has 1 aliphatic carbocycles. The van der Waals surface area contributed by atoms with E-state index in [4.69, 9.17) is 4.98 Å². The standard InChI is InChI=1S/C23H27N3O/c1-15-7-6-9-19(13-15)26-17(3)24-21-14-18(11-12-22(21)26)23(27)25-20-10-5-4-8-16(20)2/h6-7,9,11-14,16,20H,4-5,8,10H2,1-3H3,(H,25,27)/t16-,20+/m0/s1. The van der Waals surface area contributed by atoms with Crippen LogP contribution in [0.5, 0.6) is 0 Å². The van der Waals surface area contributed by atoms with E-state index in [1.807, 2.05) is 25.1 Å². The summed E-state index contributed by atoms with van der Waals surface area (Å²) in [5.41, 5.74) is 4.89. The van der Waals surface area contributed by atoms with Crippen molar-refractivity contribution < 1.29 is 4.79 Å². The highest BCUT2D eigenvalue weighted by atomic mass is 16.1. The molecule has 2 aromatic carbocycles. The topological polar surface area (TPSA) is 46.9 Å². The number of amides is 1. The molecule has 27 heavy (non-hydrogen) atoms. The molecule has 0 aliphatic heterocycles. The van der Waals surface area contributed by atoms with Crippen LogP contribution < -0.4 is 5.32 Å². The van der Waals surface area contributed by atoms with Crippen LogP contribution >= 0.6 is 0 Å². The summed E-state index contributed by atoms with van der Waals surface area (Å²) in [6.45, 7) is 6.33. The van der Waals surface area contributed by atoms with Gasteiger partial charge in [-0.25, -0.2) is 4.98 Å². The summed E-state index contributed by atoms with van der Waals surface area (Å²) >= 11 is 0. The van der Waals surface area contributed by atoms with Gasteiger partial charge >= 0.3 is 0 Å². The van der Waals surface area contributed by atoms with E-state index in [2.05, 4.69) is 48.0 Å².